The van der Waals surface area contributed by atoms with Gasteiger partial charge < -0.3 is 14.8 Å². The Morgan fingerprint density at radius 2 is 1.81 bits per heavy atom. The maximum Gasteiger partial charge on any atom is 0.573 e. The van der Waals surface area contributed by atoms with Crippen molar-refractivity contribution < 1.29 is 32.3 Å². The van der Waals surface area contributed by atoms with Crippen LogP contribution in [0.1, 0.15) is 0 Å². The largest absolute Gasteiger partial charge is 0.573 e. The van der Waals surface area contributed by atoms with Crippen molar-refractivity contribution in [3.05, 3.63) is 22.4 Å². The minimum absolute atomic E-state index is 0.285. The van der Waals surface area contributed by atoms with Gasteiger partial charge in [-0.25, -0.2) is 4.39 Å². The third-order valence-corrected chi connectivity index (χ3v) is 2.17. The Morgan fingerprint density at radius 3 is 2.25 bits per heavy atom. The van der Waals surface area contributed by atoms with Crippen LogP contribution in [-0.2, 0) is 0 Å². The van der Waals surface area contributed by atoms with Crippen LogP contribution in [0.25, 0.3) is 0 Å². The summed E-state index contributed by atoms with van der Waals surface area (Å²) in [6, 6.07) is 1.20. The van der Waals surface area contributed by atoms with Gasteiger partial charge in [-0.2, -0.15) is 0 Å². The zero-order valence-electron chi connectivity index (χ0n) is 7.42. The third kappa shape index (κ3) is 3.36. The van der Waals surface area contributed by atoms with Crippen LogP contribution in [0, 0.1) is 5.82 Å². The average molecular weight is 303 g/mol. The van der Waals surface area contributed by atoms with Crippen molar-refractivity contribution in [3.63, 3.8) is 0 Å². The molecule has 88 valence electrons. The fourth-order valence-electron chi connectivity index (χ4n) is 0.946. The first-order valence-corrected chi connectivity index (χ1v) is 4.61. The number of halogens is 5. The molecule has 0 radical (unpaired) electrons. The zero-order chi connectivity index (χ0) is 12.5. The fourth-order valence-corrected chi connectivity index (χ4v) is 1.34. The summed E-state index contributed by atoms with van der Waals surface area (Å²) >= 11 is 2.65. The molecule has 0 aliphatic rings. The van der Waals surface area contributed by atoms with E-state index in [1.807, 2.05) is 0 Å². The van der Waals surface area contributed by atoms with Gasteiger partial charge in [0.15, 0.2) is 0 Å². The molecule has 9 heteroatoms. The maximum atomic E-state index is 13.0. The van der Waals surface area contributed by atoms with Crippen molar-refractivity contribution in [2.75, 3.05) is 0 Å². The molecule has 0 aliphatic heterocycles. The van der Waals surface area contributed by atoms with E-state index in [4.69, 9.17) is 10.0 Å². The highest BCUT2D eigenvalue weighted by molar-refractivity contribution is 9.10. The van der Waals surface area contributed by atoms with E-state index >= 15 is 0 Å². The van der Waals surface area contributed by atoms with Gasteiger partial charge in [-0.1, -0.05) is 0 Å². The first-order valence-electron chi connectivity index (χ1n) is 3.81. The van der Waals surface area contributed by atoms with Gasteiger partial charge in [0.05, 0.1) is 4.47 Å². The van der Waals surface area contributed by atoms with Gasteiger partial charge in [0.2, 0.25) is 0 Å². The Bertz CT molecular complexity index is 396. The number of hydrogen-bond acceptors (Lipinski definition) is 3. The monoisotopic (exact) mass is 302 g/mol. The van der Waals surface area contributed by atoms with Crippen LogP contribution in [0.5, 0.6) is 5.75 Å². The molecule has 16 heavy (non-hydrogen) atoms. The van der Waals surface area contributed by atoms with Gasteiger partial charge >= 0.3 is 13.5 Å². The molecule has 1 rings (SSSR count). The lowest BCUT2D eigenvalue weighted by molar-refractivity contribution is -0.274. The van der Waals surface area contributed by atoms with Gasteiger partial charge in [-0.15, -0.1) is 13.2 Å². The average Bonchev–Trinajstić information content (AvgIpc) is 2.07. The van der Waals surface area contributed by atoms with Gasteiger partial charge in [0.1, 0.15) is 11.6 Å². The molecule has 0 atom stereocenters. The second-order valence-electron chi connectivity index (χ2n) is 2.73. The van der Waals surface area contributed by atoms with Crippen LogP contribution in [0.3, 0.4) is 0 Å². The summed E-state index contributed by atoms with van der Waals surface area (Å²) in [5, 5.41) is 17.4. The van der Waals surface area contributed by atoms with Crippen molar-refractivity contribution in [1.29, 1.82) is 0 Å². The highest BCUT2D eigenvalue weighted by Gasteiger charge is 2.33. The SMILES string of the molecule is OB(O)c1cc(OC(F)(F)F)c(Br)cc1F. The predicted octanol–water partition coefficient (Wildman–Crippen LogP) is 1.17. The van der Waals surface area contributed by atoms with Crippen molar-refractivity contribution in [3.8, 4) is 5.75 Å². The molecule has 0 heterocycles. The fraction of sp³-hybridized carbons (Fsp3) is 0.143. The normalized spacial score (nSPS) is 11.4. The summed E-state index contributed by atoms with van der Waals surface area (Å²) in [6.07, 6.45) is -4.95. The molecule has 2 N–H and O–H groups in total. The Hall–Kier alpha value is -0.795. The smallest absolute Gasteiger partial charge is 0.423 e. The van der Waals surface area contributed by atoms with E-state index in [1.54, 1.807) is 0 Å². The van der Waals surface area contributed by atoms with E-state index < -0.39 is 30.5 Å². The number of ether oxygens (including phenoxy) is 1. The van der Waals surface area contributed by atoms with Crippen LogP contribution < -0.4 is 10.2 Å². The summed E-state index contributed by atoms with van der Waals surface area (Å²) in [4.78, 5) is 0. The van der Waals surface area contributed by atoms with E-state index in [0.717, 1.165) is 0 Å². The quantitative estimate of drug-likeness (QED) is 0.637. The molecule has 0 aliphatic carbocycles. The predicted molar refractivity (Wildman–Crippen MR) is 50.6 cm³/mol. The van der Waals surface area contributed by atoms with E-state index in [9.17, 15) is 17.6 Å². The van der Waals surface area contributed by atoms with Crippen molar-refractivity contribution in [2.45, 2.75) is 6.36 Å². The summed E-state index contributed by atoms with van der Waals surface area (Å²) in [6.45, 7) is 0. The molecule has 1 aromatic rings. The molecule has 3 nitrogen and oxygen atoms in total. The Morgan fingerprint density at radius 1 is 1.25 bits per heavy atom. The Balaban J connectivity index is 3.15. The summed E-state index contributed by atoms with van der Waals surface area (Å²) in [5.41, 5.74) is -0.706. The first-order chi connectivity index (χ1) is 7.20. The first kappa shape index (κ1) is 13.3. The molecule has 0 unspecified atom stereocenters. The number of benzene rings is 1. The molecule has 1 aromatic carbocycles. The highest BCUT2D eigenvalue weighted by atomic mass is 79.9. The minimum Gasteiger partial charge on any atom is -0.423 e. The lowest BCUT2D eigenvalue weighted by Gasteiger charge is -2.12. The van der Waals surface area contributed by atoms with Gasteiger partial charge in [-0.05, 0) is 28.1 Å². The highest BCUT2D eigenvalue weighted by Crippen LogP contribution is 2.30. The number of rotatable bonds is 2. The molecule has 0 fully saturated rings. The molecule has 0 bridgehead atoms. The Labute approximate surface area is 95.9 Å². The summed E-state index contributed by atoms with van der Waals surface area (Å²) < 4.78 is 52.0. The second-order valence-corrected chi connectivity index (χ2v) is 3.58. The molecular formula is C7H4BBrF4O3. The lowest BCUT2D eigenvalue weighted by atomic mass is 9.80. The number of hydrogen-bond donors (Lipinski definition) is 2. The van der Waals surface area contributed by atoms with Crippen molar-refractivity contribution >= 4 is 28.5 Å². The Kier molecular flexibility index (Phi) is 3.82. The van der Waals surface area contributed by atoms with Crippen molar-refractivity contribution in [1.82, 2.24) is 0 Å². The van der Waals surface area contributed by atoms with E-state index in [0.29, 0.717) is 12.1 Å². The number of alkyl halides is 3. The molecular weight excluding hydrogens is 299 g/mol. The molecule has 0 spiro atoms. The van der Waals surface area contributed by atoms with Gasteiger partial charge in [0.25, 0.3) is 0 Å². The van der Waals surface area contributed by atoms with Gasteiger partial charge in [-0.3, -0.25) is 0 Å². The van der Waals surface area contributed by atoms with E-state index in [2.05, 4.69) is 20.7 Å². The molecule has 0 saturated carbocycles. The van der Waals surface area contributed by atoms with Crippen LogP contribution in [0.2, 0.25) is 0 Å². The summed E-state index contributed by atoms with van der Waals surface area (Å²) in [5.74, 6) is -1.81. The lowest BCUT2D eigenvalue weighted by Crippen LogP contribution is -2.33. The van der Waals surface area contributed by atoms with E-state index in [1.165, 1.54) is 0 Å². The van der Waals surface area contributed by atoms with Crippen LogP contribution in [-0.4, -0.2) is 23.5 Å². The third-order valence-electron chi connectivity index (χ3n) is 1.56. The van der Waals surface area contributed by atoms with Crippen LogP contribution >= 0.6 is 15.9 Å². The maximum absolute atomic E-state index is 13.0. The van der Waals surface area contributed by atoms with E-state index in [-0.39, 0.29) is 4.47 Å². The van der Waals surface area contributed by atoms with Gasteiger partial charge in [0, 0.05) is 5.46 Å². The standard InChI is InChI=1S/C7H4BBrF4O3/c9-4-2-5(10)3(8(14)15)1-6(4)16-7(11,12)13/h1-2,14-15H. The molecule has 0 saturated heterocycles. The minimum atomic E-state index is -4.95. The zero-order valence-corrected chi connectivity index (χ0v) is 9.01. The molecule has 0 aromatic heterocycles. The molecule has 0 amide bonds. The summed E-state index contributed by atoms with van der Waals surface area (Å²) in [7, 11) is -2.22. The van der Waals surface area contributed by atoms with Crippen LogP contribution in [0.4, 0.5) is 17.6 Å². The second kappa shape index (κ2) is 4.60. The van der Waals surface area contributed by atoms with Crippen molar-refractivity contribution in [2.24, 2.45) is 0 Å². The topological polar surface area (TPSA) is 49.7 Å². The van der Waals surface area contributed by atoms with Crippen LogP contribution in [0.15, 0.2) is 16.6 Å².